The molecule has 1 N–H and O–H groups in total. The molecule has 1 aromatic carbocycles. The summed E-state index contributed by atoms with van der Waals surface area (Å²) in [5.41, 5.74) is 2.78. The number of pyridine rings is 1. The Morgan fingerprint density at radius 1 is 1.21 bits per heavy atom. The smallest absolute Gasteiger partial charge is 0.322 e. The lowest BCUT2D eigenvalue weighted by molar-refractivity contribution is 0.0819. The zero-order valence-corrected chi connectivity index (χ0v) is 16.3. The van der Waals surface area contributed by atoms with E-state index in [0.29, 0.717) is 19.6 Å². The SMILES string of the molecule is O=C(Nc1ccccc1Cn1cccn1)N(Cc1cccnc1)CC1CCCO1. The van der Waals surface area contributed by atoms with E-state index in [2.05, 4.69) is 15.4 Å². The molecule has 7 nitrogen and oxygen atoms in total. The van der Waals surface area contributed by atoms with Crippen molar-refractivity contribution in [2.45, 2.75) is 32.0 Å². The summed E-state index contributed by atoms with van der Waals surface area (Å²) in [5.74, 6) is 0. The van der Waals surface area contributed by atoms with Crippen molar-refractivity contribution >= 4 is 11.7 Å². The van der Waals surface area contributed by atoms with Gasteiger partial charge in [-0.05, 0) is 42.2 Å². The van der Waals surface area contributed by atoms with E-state index < -0.39 is 0 Å². The minimum absolute atomic E-state index is 0.0803. The lowest BCUT2D eigenvalue weighted by atomic mass is 10.1. The highest BCUT2D eigenvalue weighted by Gasteiger charge is 2.23. The van der Waals surface area contributed by atoms with Gasteiger partial charge in [0.1, 0.15) is 0 Å². The number of nitrogens with one attached hydrogen (secondary N) is 1. The molecular weight excluding hydrogens is 366 g/mol. The molecule has 0 radical (unpaired) electrons. The fourth-order valence-electron chi connectivity index (χ4n) is 3.51. The Morgan fingerprint density at radius 3 is 2.90 bits per heavy atom. The average molecular weight is 391 g/mol. The monoisotopic (exact) mass is 391 g/mol. The lowest BCUT2D eigenvalue weighted by Gasteiger charge is -2.26. The topological polar surface area (TPSA) is 72.3 Å². The van der Waals surface area contributed by atoms with Crippen LogP contribution in [-0.2, 0) is 17.8 Å². The maximum Gasteiger partial charge on any atom is 0.322 e. The molecule has 4 rings (SSSR count). The Balaban J connectivity index is 1.50. The van der Waals surface area contributed by atoms with Crippen LogP contribution in [0.5, 0.6) is 0 Å². The molecule has 1 aliphatic heterocycles. The molecule has 3 heterocycles. The molecule has 1 saturated heterocycles. The Hall–Kier alpha value is -3.19. The average Bonchev–Trinajstić information content (AvgIpc) is 3.44. The van der Waals surface area contributed by atoms with E-state index in [1.165, 1.54) is 0 Å². The van der Waals surface area contributed by atoms with Gasteiger partial charge in [0.2, 0.25) is 0 Å². The summed E-state index contributed by atoms with van der Waals surface area (Å²) in [6, 6.07) is 13.4. The molecule has 1 fully saturated rings. The van der Waals surface area contributed by atoms with E-state index in [1.54, 1.807) is 23.5 Å². The third-order valence-corrected chi connectivity index (χ3v) is 4.98. The van der Waals surface area contributed by atoms with Gasteiger partial charge in [0.25, 0.3) is 0 Å². The van der Waals surface area contributed by atoms with Crippen molar-refractivity contribution in [2.75, 3.05) is 18.5 Å². The number of rotatable bonds is 7. The standard InChI is InChI=1S/C22H25N5O2/c28-22(25-21-9-2-1-7-19(21)16-27-12-5-11-24-27)26(17-20-8-4-13-29-20)15-18-6-3-10-23-14-18/h1-3,5-7,9-12,14,20H,4,8,13,15-17H2,(H,25,28). The van der Waals surface area contributed by atoms with Gasteiger partial charge in [-0.2, -0.15) is 5.10 Å². The summed E-state index contributed by atoms with van der Waals surface area (Å²) >= 11 is 0. The third-order valence-electron chi connectivity index (χ3n) is 4.98. The number of hydrogen-bond donors (Lipinski definition) is 1. The van der Waals surface area contributed by atoms with Crippen molar-refractivity contribution in [3.63, 3.8) is 0 Å². The normalized spacial score (nSPS) is 15.9. The molecule has 3 aromatic rings. The van der Waals surface area contributed by atoms with Crippen molar-refractivity contribution in [1.29, 1.82) is 0 Å². The fraction of sp³-hybridized carbons (Fsp3) is 0.318. The van der Waals surface area contributed by atoms with Crippen LogP contribution in [0, 0.1) is 0 Å². The summed E-state index contributed by atoms with van der Waals surface area (Å²) in [7, 11) is 0. The molecule has 2 aromatic heterocycles. The molecule has 7 heteroatoms. The van der Waals surface area contributed by atoms with Gasteiger partial charge in [-0.15, -0.1) is 0 Å². The van der Waals surface area contributed by atoms with E-state index in [9.17, 15) is 4.79 Å². The number of anilines is 1. The highest BCUT2D eigenvalue weighted by atomic mass is 16.5. The van der Waals surface area contributed by atoms with Gasteiger partial charge in [-0.25, -0.2) is 4.79 Å². The number of aromatic nitrogens is 3. The van der Waals surface area contributed by atoms with E-state index >= 15 is 0 Å². The number of urea groups is 1. The first-order valence-corrected chi connectivity index (χ1v) is 9.90. The number of carbonyl (C=O) groups excluding carboxylic acids is 1. The first kappa shape index (κ1) is 19.1. The van der Waals surface area contributed by atoms with Crippen LogP contribution in [-0.4, -0.2) is 45.0 Å². The highest BCUT2D eigenvalue weighted by molar-refractivity contribution is 5.90. The zero-order valence-electron chi connectivity index (χ0n) is 16.3. The molecule has 150 valence electrons. The van der Waals surface area contributed by atoms with Crippen molar-refractivity contribution in [3.8, 4) is 0 Å². The first-order valence-electron chi connectivity index (χ1n) is 9.90. The molecule has 1 unspecified atom stereocenters. The second-order valence-corrected chi connectivity index (χ2v) is 7.17. The maximum atomic E-state index is 13.2. The molecular formula is C22H25N5O2. The molecule has 0 saturated carbocycles. The number of nitrogens with zero attached hydrogens (tertiary/aromatic N) is 4. The molecule has 2 amide bonds. The summed E-state index contributed by atoms with van der Waals surface area (Å²) < 4.78 is 7.60. The molecule has 0 aliphatic carbocycles. The molecule has 0 spiro atoms. The quantitative estimate of drug-likeness (QED) is 0.669. The van der Waals surface area contributed by atoms with Gasteiger partial charge in [0, 0.05) is 50.2 Å². The Morgan fingerprint density at radius 2 is 2.14 bits per heavy atom. The summed E-state index contributed by atoms with van der Waals surface area (Å²) in [4.78, 5) is 19.1. The minimum atomic E-state index is -0.141. The highest BCUT2D eigenvalue weighted by Crippen LogP contribution is 2.19. The summed E-state index contributed by atoms with van der Waals surface area (Å²) in [6.45, 7) is 2.40. The second-order valence-electron chi connectivity index (χ2n) is 7.17. The van der Waals surface area contributed by atoms with Crippen LogP contribution in [0.15, 0.2) is 67.3 Å². The molecule has 1 aliphatic rings. The number of hydrogen-bond acceptors (Lipinski definition) is 4. The van der Waals surface area contributed by atoms with E-state index in [1.807, 2.05) is 53.3 Å². The van der Waals surface area contributed by atoms with Crippen molar-refractivity contribution in [1.82, 2.24) is 19.7 Å². The van der Waals surface area contributed by atoms with Gasteiger partial charge in [-0.3, -0.25) is 9.67 Å². The van der Waals surface area contributed by atoms with E-state index in [4.69, 9.17) is 4.74 Å². The van der Waals surface area contributed by atoms with E-state index in [-0.39, 0.29) is 12.1 Å². The minimum Gasteiger partial charge on any atom is -0.376 e. The van der Waals surface area contributed by atoms with Gasteiger partial charge < -0.3 is 15.0 Å². The Bertz CT molecular complexity index is 908. The van der Waals surface area contributed by atoms with Crippen molar-refractivity contribution in [3.05, 3.63) is 78.4 Å². The molecule has 29 heavy (non-hydrogen) atoms. The van der Waals surface area contributed by atoms with Crippen LogP contribution in [0.25, 0.3) is 0 Å². The van der Waals surface area contributed by atoms with Gasteiger partial charge in [0.05, 0.1) is 12.6 Å². The van der Waals surface area contributed by atoms with Gasteiger partial charge >= 0.3 is 6.03 Å². The number of para-hydroxylation sites is 1. The van der Waals surface area contributed by atoms with Crippen molar-refractivity contribution in [2.24, 2.45) is 0 Å². The lowest BCUT2D eigenvalue weighted by Crippen LogP contribution is -2.39. The Kier molecular flexibility index (Phi) is 6.16. The molecule has 0 bridgehead atoms. The number of benzene rings is 1. The number of ether oxygens (including phenoxy) is 1. The zero-order chi connectivity index (χ0) is 19.9. The number of amides is 2. The first-order chi connectivity index (χ1) is 14.3. The van der Waals surface area contributed by atoms with Crippen LogP contribution in [0.2, 0.25) is 0 Å². The van der Waals surface area contributed by atoms with E-state index in [0.717, 1.165) is 36.3 Å². The molecule has 1 atom stereocenters. The predicted octanol–water partition coefficient (Wildman–Crippen LogP) is 3.54. The van der Waals surface area contributed by atoms with Crippen molar-refractivity contribution < 1.29 is 9.53 Å². The Labute approximate surface area is 170 Å². The van der Waals surface area contributed by atoms with Gasteiger partial charge in [0.15, 0.2) is 0 Å². The van der Waals surface area contributed by atoms with Crippen LogP contribution in [0.3, 0.4) is 0 Å². The van der Waals surface area contributed by atoms with Gasteiger partial charge in [-0.1, -0.05) is 24.3 Å². The van der Waals surface area contributed by atoms with Crippen LogP contribution in [0.1, 0.15) is 24.0 Å². The van der Waals surface area contributed by atoms with Crippen LogP contribution >= 0.6 is 0 Å². The largest absolute Gasteiger partial charge is 0.376 e. The van der Waals surface area contributed by atoms with Crippen LogP contribution < -0.4 is 5.32 Å². The second kappa shape index (κ2) is 9.34. The summed E-state index contributed by atoms with van der Waals surface area (Å²) in [6.07, 6.45) is 9.29. The third kappa shape index (κ3) is 5.20. The predicted molar refractivity (Wildman–Crippen MR) is 110 cm³/mol. The fourth-order valence-corrected chi connectivity index (χ4v) is 3.51. The maximum absolute atomic E-state index is 13.2. The number of carbonyl (C=O) groups is 1. The van der Waals surface area contributed by atoms with Crippen LogP contribution in [0.4, 0.5) is 10.5 Å². The summed E-state index contributed by atoms with van der Waals surface area (Å²) in [5, 5.41) is 7.35.